The van der Waals surface area contributed by atoms with Gasteiger partial charge in [0.2, 0.25) is 0 Å². The van der Waals surface area contributed by atoms with Crippen LogP contribution in [0.5, 0.6) is 0 Å². The van der Waals surface area contributed by atoms with Crippen molar-refractivity contribution in [3.63, 3.8) is 0 Å². The Hall–Kier alpha value is -2.14. The first-order valence-corrected chi connectivity index (χ1v) is 7.85. The van der Waals surface area contributed by atoms with Crippen LogP contribution >= 0.6 is 0 Å². The van der Waals surface area contributed by atoms with Crippen LogP contribution in [0, 0.1) is 11.7 Å². The van der Waals surface area contributed by atoms with Crippen LogP contribution in [0.25, 0.3) is 0 Å². The summed E-state index contributed by atoms with van der Waals surface area (Å²) in [5.74, 6) is -0.137. The van der Waals surface area contributed by atoms with Crippen molar-refractivity contribution < 1.29 is 18.7 Å². The van der Waals surface area contributed by atoms with Gasteiger partial charge >= 0.3 is 5.97 Å². The van der Waals surface area contributed by atoms with Gasteiger partial charge in [-0.1, -0.05) is 19.1 Å². The van der Waals surface area contributed by atoms with E-state index in [9.17, 15) is 14.3 Å². The lowest BCUT2D eigenvalue weighted by Gasteiger charge is -2.15. The number of carbonyl (C=O) groups is 1. The van der Waals surface area contributed by atoms with Gasteiger partial charge < -0.3 is 9.52 Å². The quantitative estimate of drug-likeness (QED) is 0.919. The molecule has 4 nitrogen and oxygen atoms in total. The molecule has 1 aromatic heterocycles. The Morgan fingerprint density at radius 1 is 1.30 bits per heavy atom. The van der Waals surface area contributed by atoms with E-state index in [4.69, 9.17) is 4.42 Å². The molecule has 1 saturated heterocycles. The van der Waals surface area contributed by atoms with Crippen LogP contribution < -0.4 is 0 Å². The molecule has 1 N–H and O–H groups in total. The fourth-order valence-corrected chi connectivity index (χ4v) is 3.26. The third-order valence-electron chi connectivity index (χ3n) is 4.43. The molecule has 0 radical (unpaired) electrons. The molecular weight excluding hydrogens is 297 g/mol. The van der Waals surface area contributed by atoms with Gasteiger partial charge in [-0.05, 0) is 29.8 Å². The zero-order valence-electron chi connectivity index (χ0n) is 13.0. The van der Waals surface area contributed by atoms with Crippen LogP contribution in [-0.2, 0) is 17.8 Å². The summed E-state index contributed by atoms with van der Waals surface area (Å²) in [7, 11) is 0. The zero-order valence-corrected chi connectivity index (χ0v) is 13.0. The third-order valence-corrected chi connectivity index (χ3v) is 4.43. The summed E-state index contributed by atoms with van der Waals surface area (Å²) in [5.41, 5.74) is 0.744. The van der Waals surface area contributed by atoms with Gasteiger partial charge in [-0.3, -0.25) is 9.69 Å². The lowest BCUT2D eigenvalue weighted by molar-refractivity contribution is -0.141. The molecule has 0 saturated carbocycles. The molecule has 2 heterocycles. The molecule has 0 unspecified atom stereocenters. The van der Waals surface area contributed by atoms with E-state index in [0.29, 0.717) is 19.6 Å². The van der Waals surface area contributed by atoms with Gasteiger partial charge in [0.15, 0.2) is 0 Å². The van der Waals surface area contributed by atoms with Gasteiger partial charge in [-0.2, -0.15) is 0 Å². The molecule has 0 spiro atoms. The predicted molar refractivity (Wildman–Crippen MR) is 83.6 cm³/mol. The van der Waals surface area contributed by atoms with E-state index in [-0.39, 0.29) is 11.7 Å². The van der Waals surface area contributed by atoms with Crippen molar-refractivity contribution in [3.8, 4) is 0 Å². The Morgan fingerprint density at radius 3 is 2.74 bits per heavy atom. The number of likely N-dealkylation sites (tertiary alicyclic amines) is 1. The molecule has 0 aliphatic carbocycles. The smallest absolute Gasteiger partial charge is 0.308 e. The molecule has 5 heteroatoms. The van der Waals surface area contributed by atoms with Crippen molar-refractivity contribution in [2.24, 2.45) is 5.92 Å². The van der Waals surface area contributed by atoms with Gasteiger partial charge in [0.25, 0.3) is 0 Å². The monoisotopic (exact) mass is 317 g/mol. The van der Waals surface area contributed by atoms with Gasteiger partial charge in [0.1, 0.15) is 17.3 Å². The van der Waals surface area contributed by atoms with E-state index in [1.807, 2.05) is 19.1 Å². The van der Waals surface area contributed by atoms with Crippen LogP contribution in [0.2, 0.25) is 0 Å². The van der Waals surface area contributed by atoms with E-state index >= 15 is 0 Å². The molecule has 2 aromatic rings. The SMILES string of the molecule is CCc1ccc(CN2C[C@H](C(=O)O)[C@@H](c3cccc(F)c3)C2)o1. The number of benzene rings is 1. The highest BCUT2D eigenvalue weighted by Crippen LogP contribution is 2.34. The van der Waals surface area contributed by atoms with Crippen LogP contribution in [0.3, 0.4) is 0 Å². The Balaban J connectivity index is 1.76. The van der Waals surface area contributed by atoms with Crippen molar-refractivity contribution in [2.75, 3.05) is 13.1 Å². The predicted octanol–water partition coefficient (Wildman–Crippen LogP) is 3.28. The fourth-order valence-electron chi connectivity index (χ4n) is 3.26. The average Bonchev–Trinajstić information content (AvgIpc) is 3.14. The minimum atomic E-state index is -0.838. The molecule has 0 amide bonds. The second kappa shape index (κ2) is 6.54. The van der Waals surface area contributed by atoms with Crippen molar-refractivity contribution in [1.82, 2.24) is 4.90 Å². The molecule has 1 fully saturated rings. The molecular formula is C18H20FNO3. The zero-order chi connectivity index (χ0) is 16.4. The summed E-state index contributed by atoms with van der Waals surface area (Å²) in [5, 5.41) is 9.50. The lowest BCUT2D eigenvalue weighted by atomic mass is 9.89. The molecule has 2 atom stereocenters. The first-order chi connectivity index (χ1) is 11.1. The normalized spacial score (nSPS) is 21.7. The van der Waals surface area contributed by atoms with Gasteiger partial charge in [0, 0.05) is 25.4 Å². The largest absolute Gasteiger partial charge is 0.481 e. The van der Waals surface area contributed by atoms with Crippen molar-refractivity contribution in [3.05, 3.63) is 59.3 Å². The number of aryl methyl sites for hydroxylation is 1. The maximum atomic E-state index is 13.5. The highest BCUT2D eigenvalue weighted by molar-refractivity contribution is 5.72. The average molecular weight is 317 g/mol. The van der Waals surface area contributed by atoms with Crippen LogP contribution in [0.1, 0.15) is 29.9 Å². The second-order valence-corrected chi connectivity index (χ2v) is 6.02. The minimum Gasteiger partial charge on any atom is -0.481 e. The summed E-state index contributed by atoms with van der Waals surface area (Å²) in [6.07, 6.45) is 0.837. The Labute approximate surface area is 134 Å². The third kappa shape index (κ3) is 3.45. The highest BCUT2D eigenvalue weighted by Gasteiger charge is 2.38. The lowest BCUT2D eigenvalue weighted by Crippen LogP contribution is -2.23. The highest BCUT2D eigenvalue weighted by atomic mass is 19.1. The maximum Gasteiger partial charge on any atom is 0.308 e. The van der Waals surface area contributed by atoms with E-state index in [0.717, 1.165) is 23.5 Å². The number of nitrogens with zero attached hydrogens (tertiary/aromatic N) is 1. The fraction of sp³-hybridized carbons (Fsp3) is 0.389. The van der Waals surface area contributed by atoms with E-state index in [1.54, 1.807) is 12.1 Å². The molecule has 1 aliphatic rings. The van der Waals surface area contributed by atoms with Crippen LogP contribution in [-0.4, -0.2) is 29.1 Å². The Bertz CT molecular complexity index is 697. The number of furan rings is 1. The molecule has 122 valence electrons. The number of carboxylic acids is 1. The molecule has 0 bridgehead atoms. The van der Waals surface area contributed by atoms with Crippen molar-refractivity contribution >= 4 is 5.97 Å². The number of hydrogen-bond acceptors (Lipinski definition) is 3. The summed E-state index contributed by atoms with van der Waals surface area (Å²) in [6.45, 7) is 3.63. The van der Waals surface area contributed by atoms with E-state index < -0.39 is 11.9 Å². The number of aliphatic carboxylic acids is 1. The first-order valence-electron chi connectivity index (χ1n) is 7.85. The Kier molecular flexibility index (Phi) is 4.48. The molecule has 23 heavy (non-hydrogen) atoms. The molecule has 3 rings (SSSR count). The molecule has 1 aromatic carbocycles. The summed E-state index contributed by atoms with van der Waals surface area (Å²) < 4.78 is 19.2. The van der Waals surface area contributed by atoms with Gasteiger partial charge in [-0.25, -0.2) is 4.39 Å². The van der Waals surface area contributed by atoms with Crippen molar-refractivity contribution in [1.29, 1.82) is 0 Å². The summed E-state index contributed by atoms with van der Waals surface area (Å²) in [6, 6.07) is 10.1. The van der Waals surface area contributed by atoms with E-state index in [1.165, 1.54) is 12.1 Å². The van der Waals surface area contributed by atoms with Gasteiger partial charge in [0.05, 0.1) is 12.5 Å². The minimum absolute atomic E-state index is 0.205. The number of carboxylic acid groups (broad SMARTS) is 1. The number of hydrogen-bond donors (Lipinski definition) is 1. The number of rotatable bonds is 5. The second-order valence-electron chi connectivity index (χ2n) is 6.02. The van der Waals surface area contributed by atoms with E-state index in [2.05, 4.69) is 4.90 Å². The van der Waals surface area contributed by atoms with Gasteiger partial charge in [-0.15, -0.1) is 0 Å². The van der Waals surface area contributed by atoms with Crippen LogP contribution in [0.15, 0.2) is 40.8 Å². The number of halogens is 1. The summed E-state index contributed by atoms with van der Waals surface area (Å²) >= 11 is 0. The Morgan fingerprint density at radius 2 is 2.09 bits per heavy atom. The first kappa shape index (κ1) is 15.7. The summed E-state index contributed by atoms with van der Waals surface area (Å²) in [4.78, 5) is 13.6. The topological polar surface area (TPSA) is 53.7 Å². The standard InChI is InChI=1S/C18H20FNO3/c1-2-14-6-7-15(23-14)9-20-10-16(17(11-20)18(21)22)12-4-3-5-13(19)8-12/h3-8,16-17H,2,9-11H2,1H3,(H,21,22)/t16-,17+/m1/s1. The maximum absolute atomic E-state index is 13.5. The molecule has 1 aliphatic heterocycles. The van der Waals surface area contributed by atoms with Crippen molar-refractivity contribution in [2.45, 2.75) is 25.8 Å². The van der Waals surface area contributed by atoms with Crippen LogP contribution in [0.4, 0.5) is 4.39 Å².